The third kappa shape index (κ3) is 28.5. The predicted octanol–water partition coefficient (Wildman–Crippen LogP) is 4.50. The lowest BCUT2D eigenvalue weighted by atomic mass is 9.91. The topological polar surface area (TPSA) is 353 Å². The highest BCUT2D eigenvalue weighted by molar-refractivity contribution is 6.00. The average Bonchev–Trinajstić information content (AvgIpc) is 0.807. The summed E-state index contributed by atoms with van der Waals surface area (Å²) in [6.07, 6.45) is 1.16. The van der Waals surface area contributed by atoms with Crippen LogP contribution >= 0.6 is 0 Å². The minimum absolute atomic E-state index is 0.0395. The first-order chi connectivity index (χ1) is 47.5. The molecule has 0 aromatic carbocycles. The minimum Gasteiger partial charge on any atom is -0.464 e. The number of carbonyl (C=O) groups is 13. The maximum Gasteiger partial charge on any atom is 0.408 e. The van der Waals surface area contributed by atoms with Crippen LogP contribution in [-0.2, 0) is 71.7 Å². The second kappa shape index (κ2) is 43.1. The Morgan fingerprint density at radius 1 is 0.553 bits per heavy atom. The Morgan fingerprint density at radius 3 is 1.51 bits per heavy atom. The van der Waals surface area contributed by atoms with Crippen LogP contribution in [0.25, 0.3) is 0 Å². The second-order valence-electron chi connectivity index (χ2n) is 31.2. The van der Waals surface area contributed by atoms with Crippen molar-refractivity contribution in [2.45, 2.75) is 275 Å². The molecule has 14 atom stereocenters. The fourth-order valence-electron chi connectivity index (χ4n) is 12.2. The Kier molecular flexibility index (Phi) is 39.2. The standard InChI is InChI=1S/C74H132N12O17/c1-29-31-34-47(15)61(88)60-65(92)77-51(30-2)67(94)80(22)40-55(87)84(26)59(50(18)101-35-32-33-36-102-72(99)57(45(11)12)79-73(100)103-74(19,20)21)64(91)78-56(44(9)10)70(97)81(23)52(37-41(3)4)63(90)75-48(16)62(89)76-49(17)66(93)82(24)53(38-42(5)6)68(95)83(25)54(39-43(7)8)69(96)85(27)58(46(13)14)71(98)86(60)28/h29,31,41-54,56-61,88H,30,32-40H2,1-28H3,(H,75,90)(H,76,89)(H,77,92)(H,78,91)(H,79,100)/b31-29+/t47-,48+,49+,50-,51+,52-,53+,54-,56+,57+,58+,59+,60+,61-/m1/s1. The number of amides is 12. The van der Waals surface area contributed by atoms with Crippen molar-refractivity contribution in [2.75, 3.05) is 69.1 Å². The quantitative estimate of drug-likeness (QED) is 0.0466. The molecule has 6 N–H and O–H groups in total. The normalized spacial score (nSPS) is 24.9. The molecule has 0 spiro atoms. The molecule has 590 valence electrons. The molecule has 103 heavy (non-hydrogen) atoms. The van der Waals surface area contributed by atoms with Crippen molar-refractivity contribution in [1.29, 1.82) is 0 Å². The Hall–Kier alpha value is -7.43. The smallest absolute Gasteiger partial charge is 0.408 e. The summed E-state index contributed by atoms with van der Waals surface area (Å²) in [7, 11) is 9.64. The van der Waals surface area contributed by atoms with Crippen LogP contribution in [0.15, 0.2) is 12.2 Å². The van der Waals surface area contributed by atoms with Gasteiger partial charge in [0.2, 0.25) is 65.0 Å². The lowest BCUT2D eigenvalue weighted by Gasteiger charge is -2.41. The van der Waals surface area contributed by atoms with Crippen LogP contribution in [-0.4, -0.2) is 270 Å². The number of nitrogens with zero attached hydrogens (tertiary/aromatic N) is 7. The van der Waals surface area contributed by atoms with E-state index in [-0.39, 0.29) is 81.8 Å². The van der Waals surface area contributed by atoms with Crippen molar-refractivity contribution < 1.29 is 81.6 Å². The Labute approximate surface area is 614 Å². The Balaban J connectivity index is 4.30. The van der Waals surface area contributed by atoms with Gasteiger partial charge in [-0.25, -0.2) is 9.59 Å². The second-order valence-corrected chi connectivity index (χ2v) is 31.2. The summed E-state index contributed by atoms with van der Waals surface area (Å²) < 4.78 is 17.1. The zero-order valence-electron chi connectivity index (χ0n) is 67.4. The molecular formula is C74H132N12O17. The number of nitrogens with one attached hydrogen (secondary N) is 5. The highest BCUT2D eigenvalue weighted by Crippen LogP contribution is 2.26. The van der Waals surface area contributed by atoms with Crippen LogP contribution in [0.2, 0.25) is 0 Å². The van der Waals surface area contributed by atoms with E-state index in [1.165, 1.54) is 89.7 Å². The Morgan fingerprint density at radius 2 is 1.03 bits per heavy atom. The van der Waals surface area contributed by atoms with Crippen molar-refractivity contribution in [2.24, 2.45) is 41.4 Å². The monoisotopic (exact) mass is 1460 g/mol. The molecule has 0 unspecified atom stereocenters. The number of carbonyl (C=O) groups excluding carboxylic acids is 13. The van der Waals surface area contributed by atoms with E-state index in [0.29, 0.717) is 0 Å². The van der Waals surface area contributed by atoms with E-state index < -0.39 is 186 Å². The van der Waals surface area contributed by atoms with E-state index >= 15 is 24.0 Å². The van der Waals surface area contributed by atoms with Crippen LogP contribution in [0.3, 0.4) is 0 Å². The number of esters is 1. The number of ether oxygens (including phenoxy) is 3. The molecule has 0 aromatic heterocycles. The highest BCUT2D eigenvalue weighted by atomic mass is 16.6. The van der Waals surface area contributed by atoms with E-state index in [1.807, 2.05) is 41.5 Å². The van der Waals surface area contributed by atoms with Crippen LogP contribution < -0.4 is 26.6 Å². The summed E-state index contributed by atoms with van der Waals surface area (Å²) in [5, 5.41) is 25.7. The number of hydrogen-bond acceptors (Lipinski definition) is 17. The molecule has 0 bridgehead atoms. The molecule has 1 fully saturated rings. The molecule has 12 amide bonds. The van der Waals surface area contributed by atoms with Gasteiger partial charge in [-0.2, -0.15) is 0 Å². The summed E-state index contributed by atoms with van der Waals surface area (Å²) in [6, 6.07) is -14.4. The third-order valence-corrected chi connectivity index (χ3v) is 18.5. The molecule has 1 aliphatic heterocycles. The summed E-state index contributed by atoms with van der Waals surface area (Å²) in [5.74, 6) is -11.8. The molecule has 0 radical (unpaired) electrons. The van der Waals surface area contributed by atoms with Gasteiger partial charge in [0.25, 0.3) is 0 Å². The fourth-order valence-corrected chi connectivity index (χ4v) is 12.2. The number of rotatable bonds is 23. The van der Waals surface area contributed by atoms with Crippen LogP contribution in [0.1, 0.15) is 190 Å². The SMILES string of the molecule is C/C=C/C[C@@H](C)[C@@H](O)[C@H]1C(=O)N[C@@H](CC)C(=O)N(C)CC(=O)N(C)[C@@H]([C@@H](C)OCCCCOC(=O)[C@@H](NC(=O)OC(C)(C)C)C(C)C)C(=O)N[C@@H](C(C)C)C(=O)N(C)[C@H](CC(C)C)C(=O)N[C@@H](C)C(=O)N[C@@H](C)C(=O)N(C)[C@@H](CC(C)C)C(=O)N(C)[C@H](CC(C)C)C(=O)N(C)[C@@H](C(C)C)C(=O)N1C. The van der Waals surface area contributed by atoms with Crippen molar-refractivity contribution in [3.8, 4) is 0 Å². The molecule has 0 aliphatic carbocycles. The van der Waals surface area contributed by atoms with Gasteiger partial charge in [0.05, 0.1) is 25.4 Å². The number of likely N-dealkylation sites (N-methyl/N-ethyl adjacent to an activating group) is 7. The Bertz CT molecular complexity index is 2880. The van der Waals surface area contributed by atoms with Crippen molar-refractivity contribution in [3.05, 3.63) is 12.2 Å². The maximum atomic E-state index is 15.3. The molecule has 1 aliphatic rings. The molecule has 0 aromatic rings. The van der Waals surface area contributed by atoms with Gasteiger partial charge in [-0.15, -0.1) is 0 Å². The maximum absolute atomic E-state index is 15.3. The minimum atomic E-state index is -1.67. The van der Waals surface area contributed by atoms with E-state index in [2.05, 4.69) is 26.6 Å². The van der Waals surface area contributed by atoms with E-state index in [9.17, 15) is 43.5 Å². The number of aliphatic hydroxyl groups is 1. The van der Waals surface area contributed by atoms with Crippen LogP contribution in [0.5, 0.6) is 0 Å². The van der Waals surface area contributed by atoms with Gasteiger partial charge in [0.15, 0.2) is 0 Å². The van der Waals surface area contributed by atoms with Gasteiger partial charge in [-0.05, 0) is 135 Å². The zero-order chi connectivity index (χ0) is 79.7. The molecule has 0 saturated carbocycles. The largest absolute Gasteiger partial charge is 0.464 e. The van der Waals surface area contributed by atoms with Crippen molar-refractivity contribution in [3.63, 3.8) is 0 Å². The average molecular weight is 1460 g/mol. The van der Waals surface area contributed by atoms with E-state index in [1.54, 1.807) is 95.2 Å². The zero-order valence-corrected chi connectivity index (χ0v) is 67.4. The number of alkyl carbamates (subject to hydrolysis) is 1. The van der Waals surface area contributed by atoms with Gasteiger partial charge < -0.3 is 80.2 Å². The van der Waals surface area contributed by atoms with E-state index in [4.69, 9.17) is 14.2 Å². The number of aliphatic hydroxyl groups excluding tert-OH is 1. The number of hydrogen-bond donors (Lipinski definition) is 6. The van der Waals surface area contributed by atoms with Gasteiger partial charge in [0, 0.05) is 55.9 Å². The third-order valence-electron chi connectivity index (χ3n) is 18.5. The summed E-state index contributed by atoms with van der Waals surface area (Å²) in [4.78, 5) is 197. The molecule has 1 rings (SSSR count). The molecular weight excluding hydrogens is 1330 g/mol. The van der Waals surface area contributed by atoms with Gasteiger partial charge in [0.1, 0.15) is 72.1 Å². The predicted molar refractivity (Wildman–Crippen MR) is 393 cm³/mol. The first kappa shape index (κ1) is 93.6. The van der Waals surface area contributed by atoms with Crippen molar-refractivity contribution >= 4 is 77.0 Å². The van der Waals surface area contributed by atoms with Crippen molar-refractivity contribution in [1.82, 2.24) is 60.9 Å². The van der Waals surface area contributed by atoms with Gasteiger partial charge in [-0.3, -0.25) is 52.7 Å². The summed E-state index contributed by atoms with van der Waals surface area (Å²) in [5.41, 5.74) is -0.813. The van der Waals surface area contributed by atoms with Gasteiger partial charge >= 0.3 is 12.1 Å². The number of unbranched alkanes of at least 4 members (excludes halogenated alkanes) is 1. The summed E-state index contributed by atoms with van der Waals surface area (Å²) in [6.45, 7) is 35.0. The lowest BCUT2D eigenvalue weighted by Crippen LogP contribution is -2.63. The first-order valence-corrected chi connectivity index (χ1v) is 36.7. The van der Waals surface area contributed by atoms with Gasteiger partial charge in [-0.1, -0.05) is 109 Å². The van der Waals surface area contributed by atoms with Crippen LogP contribution in [0, 0.1) is 41.4 Å². The fraction of sp³-hybridized carbons (Fsp3) is 0.797. The first-order valence-electron chi connectivity index (χ1n) is 36.7. The molecule has 1 heterocycles. The van der Waals surface area contributed by atoms with E-state index in [0.717, 1.165) is 14.7 Å². The lowest BCUT2D eigenvalue weighted by molar-refractivity contribution is -0.157. The summed E-state index contributed by atoms with van der Waals surface area (Å²) >= 11 is 0. The van der Waals surface area contributed by atoms with Crippen LogP contribution in [0.4, 0.5) is 4.79 Å². The molecule has 29 nitrogen and oxygen atoms in total. The molecule has 1 saturated heterocycles. The highest BCUT2D eigenvalue weighted by Gasteiger charge is 2.46. The number of allylic oxidation sites excluding steroid dienone is 2. The molecule has 29 heteroatoms.